The third kappa shape index (κ3) is 2.99. The summed E-state index contributed by atoms with van der Waals surface area (Å²) in [5.41, 5.74) is 1.09. The molecule has 0 heterocycles. The minimum Gasteiger partial charge on any atom is -0.480 e. The Morgan fingerprint density at radius 2 is 1.79 bits per heavy atom. The van der Waals surface area contributed by atoms with E-state index in [2.05, 4.69) is 0 Å². The van der Waals surface area contributed by atoms with Crippen LogP contribution in [0, 0.1) is 10.1 Å². The summed E-state index contributed by atoms with van der Waals surface area (Å²) in [7, 11) is 0. The van der Waals surface area contributed by atoms with Crippen LogP contribution in [0.4, 0.5) is 18.9 Å². The Morgan fingerprint density at radius 3 is 2.11 bits per heavy atom. The maximum absolute atomic E-state index is 12.6. The van der Waals surface area contributed by atoms with Gasteiger partial charge in [0.2, 0.25) is 5.54 Å². The van der Waals surface area contributed by atoms with Crippen LogP contribution in [0.5, 0.6) is 0 Å². The molecule has 1 unspecified atom stereocenters. The fourth-order valence-electron chi connectivity index (χ4n) is 1.35. The van der Waals surface area contributed by atoms with Crippen molar-refractivity contribution in [3.8, 4) is 0 Å². The van der Waals surface area contributed by atoms with Crippen molar-refractivity contribution in [2.45, 2.75) is 18.1 Å². The van der Waals surface area contributed by atoms with Gasteiger partial charge in [-0.25, -0.2) is 4.79 Å². The van der Waals surface area contributed by atoms with E-state index in [0.29, 0.717) is 0 Å². The van der Waals surface area contributed by atoms with E-state index in [1.54, 1.807) is 0 Å². The largest absolute Gasteiger partial charge is 0.480 e. The minimum absolute atomic E-state index is 0.0622. The van der Waals surface area contributed by atoms with Crippen LogP contribution in [-0.4, -0.2) is 27.7 Å². The Bertz CT molecular complexity index is 500. The van der Waals surface area contributed by atoms with Crippen molar-refractivity contribution in [2.24, 2.45) is 5.73 Å². The van der Waals surface area contributed by atoms with E-state index in [-0.39, 0.29) is 11.3 Å². The van der Waals surface area contributed by atoms with Crippen LogP contribution in [0.2, 0.25) is 0 Å². The molecular weight excluding hydrogens is 269 g/mol. The second kappa shape index (κ2) is 4.84. The molecule has 1 rings (SSSR count). The maximum atomic E-state index is 12.6. The average molecular weight is 278 g/mol. The van der Waals surface area contributed by atoms with Gasteiger partial charge in [0.1, 0.15) is 0 Å². The van der Waals surface area contributed by atoms with E-state index >= 15 is 0 Å². The second-order valence-electron chi connectivity index (χ2n) is 3.87. The number of hydrogen-bond acceptors (Lipinski definition) is 4. The summed E-state index contributed by atoms with van der Waals surface area (Å²) in [5, 5.41) is 19.0. The molecule has 0 bridgehead atoms. The molecule has 0 saturated heterocycles. The van der Waals surface area contributed by atoms with Gasteiger partial charge in [-0.3, -0.25) is 10.1 Å². The molecule has 0 spiro atoms. The molecule has 0 aliphatic rings. The Hall–Kier alpha value is -2.16. The van der Waals surface area contributed by atoms with Crippen molar-refractivity contribution >= 4 is 11.7 Å². The quantitative estimate of drug-likeness (QED) is 0.640. The monoisotopic (exact) mass is 278 g/mol. The topological polar surface area (TPSA) is 106 Å². The van der Waals surface area contributed by atoms with E-state index in [4.69, 9.17) is 10.8 Å². The third-order valence-corrected chi connectivity index (χ3v) is 2.52. The molecule has 0 fully saturated rings. The Labute approximate surface area is 104 Å². The van der Waals surface area contributed by atoms with Gasteiger partial charge < -0.3 is 10.8 Å². The number of nitro benzene ring substituents is 1. The number of halogens is 3. The zero-order valence-corrected chi connectivity index (χ0v) is 9.35. The van der Waals surface area contributed by atoms with Gasteiger partial charge in [0, 0.05) is 18.6 Å². The zero-order valence-electron chi connectivity index (χ0n) is 9.35. The molecule has 0 saturated carbocycles. The van der Waals surface area contributed by atoms with Crippen LogP contribution in [-0.2, 0) is 11.2 Å². The standard InChI is InChI=1S/C10H9F3N2O4/c11-10(12,13)9(14,8(16)17)5-6-1-3-7(4-2-6)15(18)19/h1-4H,5,14H2,(H,16,17). The van der Waals surface area contributed by atoms with Gasteiger partial charge in [-0.2, -0.15) is 13.2 Å². The van der Waals surface area contributed by atoms with Gasteiger partial charge in [-0.15, -0.1) is 0 Å². The summed E-state index contributed by atoms with van der Waals surface area (Å²) in [6.07, 6.45) is -6.15. The van der Waals surface area contributed by atoms with Crippen LogP contribution >= 0.6 is 0 Å². The molecule has 0 aliphatic heterocycles. The Morgan fingerprint density at radius 1 is 1.32 bits per heavy atom. The first-order chi connectivity index (χ1) is 8.58. The van der Waals surface area contributed by atoms with Crippen LogP contribution in [0.25, 0.3) is 0 Å². The molecular formula is C10H9F3N2O4. The number of nitrogens with zero attached hydrogens (tertiary/aromatic N) is 1. The van der Waals surface area contributed by atoms with E-state index in [1.165, 1.54) is 0 Å². The number of carboxylic acids is 1. The number of carbonyl (C=O) groups is 1. The summed E-state index contributed by atoms with van der Waals surface area (Å²) in [5.74, 6) is -2.21. The predicted octanol–water partition coefficient (Wildman–Crippen LogP) is 1.48. The summed E-state index contributed by atoms with van der Waals surface area (Å²) >= 11 is 0. The normalized spacial score (nSPS) is 14.7. The Balaban J connectivity index is 3.05. The highest BCUT2D eigenvalue weighted by molar-refractivity contribution is 5.80. The van der Waals surface area contributed by atoms with Gasteiger partial charge >= 0.3 is 12.1 Å². The lowest BCUT2D eigenvalue weighted by molar-refractivity contribution is -0.384. The molecule has 0 amide bonds. The summed E-state index contributed by atoms with van der Waals surface area (Å²) in [6.45, 7) is 0. The average Bonchev–Trinajstić information content (AvgIpc) is 2.27. The second-order valence-corrected chi connectivity index (χ2v) is 3.87. The number of rotatable bonds is 4. The number of hydrogen-bond donors (Lipinski definition) is 2. The highest BCUT2D eigenvalue weighted by atomic mass is 19.4. The zero-order chi connectivity index (χ0) is 14.8. The van der Waals surface area contributed by atoms with Crippen LogP contribution < -0.4 is 5.73 Å². The Kier molecular flexibility index (Phi) is 3.80. The molecule has 1 atom stereocenters. The lowest BCUT2D eigenvalue weighted by atomic mass is 9.91. The van der Waals surface area contributed by atoms with Gasteiger partial charge in [0.05, 0.1) is 4.92 Å². The number of nitrogens with two attached hydrogens (primary N) is 1. The smallest absolute Gasteiger partial charge is 0.417 e. The van der Waals surface area contributed by atoms with Crippen LogP contribution in [0.1, 0.15) is 5.56 Å². The van der Waals surface area contributed by atoms with Crippen molar-refractivity contribution in [2.75, 3.05) is 0 Å². The van der Waals surface area contributed by atoms with Crippen LogP contribution in [0.15, 0.2) is 24.3 Å². The number of alkyl halides is 3. The molecule has 0 aromatic heterocycles. The number of aliphatic carboxylic acids is 1. The first kappa shape index (κ1) is 14.9. The molecule has 6 nitrogen and oxygen atoms in total. The number of carboxylic acid groups (broad SMARTS) is 1. The highest BCUT2D eigenvalue weighted by Gasteiger charge is 2.58. The van der Waals surface area contributed by atoms with Gasteiger partial charge in [-0.1, -0.05) is 12.1 Å². The first-order valence-electron chi connectivity index (χ1n) is 4.90. The molecule has 0 radical (unpaired) electrons. The van der Waals surface area contributed by atoms with Crippen molar-refractivity contribution < 1.29 is 28.0 Å². The van der Waals surface area contributed by atoms with Crippen molar-refractivity contribution in [1.29, 1.82) is 0 Å². The molecule has 3 N–H and O–H groups in total. The predicted molar refractivity (Wildman–Crippen MR) is 57.4 cm³/mol. The summed E-state index contributed by atoms with van der Waals surface area (Å²) in [6, 6.07) is 4.03. The lowest BCUT2D eigenvalue weighted by Gasteiger charge is -2.27. The first-order valence-corrected chi connectivity index (χ1v) is 4.90. The summed E-state index contributed by atoms with van der Waals surface area (Å²) in [4.78, 5) is 20.3. The van der Waals surface area contributed by atoms with Gasteiger partial charge in [-0.05, 0) is 5.56 Å². The molecule has 104 valence electrons. The molecule has 19 heavy (non-hydrogen) atoms. The van der Waals surface area contributed by atoms with Crippen molar-refractivity contribution in [3.05, 3.63) is 39.9 Å². The third-order valence-electron chi connectivity index (χ3n) is 2.52. The van der Waals surface area contributed by atoms with Crippen molar-refractivity contribution in [1.82, 2.24) is 0 Å². The molecule has 0 aliphatic carbocycles. The molecule has 1 aromatic rings. The van der Waals surface area contributed by atoms with E-state index < -0.39 is 29.0 Å². The summed E-state index contributed by atoms with van der Waals surface area (Å²) < 4.78 is 37.9. The number of benzene rings is 1. The fourth-order valence-corrected chi connectivity index (χ4v) is 1.35. The highest BCUT2D eigenvalue weighted by Crippen LogP contribution is 2.32. The fraction of sp³-hybridized carbons (Fsp3) is 0.300. The SMILES string of the molecule is NC(Cc1ccc([N+](=O)[O-])cc1)(C(=O)O)C(F)(F)F. The van der Waals surface area contributed by atoms with Gasteiger partial charge in [0.25, 0.3) is 5.69 Å². The molecule has 1 aromatic carbocycles. The van der Waals surface area contributed by atoms with E-state index in [0.717, 1.165) is 24.3 Å². The minimum atomic E-state index is -5.14. The lowest BCUT2D eigenvalue weighted by Crippen LogP contribution is -2.61. The number of nitro groups is 1. The van der Waals surface area contributed by atoms with Gasteiger partial charge in [0.15, 0.2) is 0 Å². The van der Waals surface area contributed by atoms with Crippen molar-refractivity contribution in [3.63, 3.8) is 0 Å². The maximum Gasteiger partial charge on any atom is 0.417 e. The van der Waals surface area contributed by atoms with E-state index in [9.17, 15) is 28.1 Å². The molecule has 9 heteroatoms. The number of non-ortho nitro benzene ring substituents is 1. The van der Waals surface area contributed by atoms with E-state index in [1.807, 2.05) is 0 Å². The van der Waals surface area contributed by atoms with Crippen LogP contribution in [0.3, 0.4) is 0 Å².